The number of hydrogen-bond donors (Lipinski definition) is 1. The summed E-state index contributed by atoms with van der Waals surface area (Å²) < 4.78 is 1.23. The fourth-order valence-corrected chi connectivity index (χ4v) is 2.63. The molecule has 2 rings (SSSR count). The van der Waals surface area contributed by atoms with Gasteiger partial charge in [-0.2, -0.15) is 0 Å². The highest BCUT2D eigenvalue weighted by atomic mass is 127. The minimum Gasteiger partial charge on any atom is -0.389 e. The van der Waals surface area contributed by atoms with Gasteiger partial charge in [0.2, 0.25) is 0 Å². The summed E-state index contributed by atoms with van der Waals surface area (Å²) in [5, 5.41) is 10.8. The molecule has 100 valence electrons. The summed E-state index contributed by atoms with van der Waals surface area (Å²) in [6.45, 7) is 2.05. The van der Waals surface area contributed by atoms with E-state index in [-0.39, 0.29) is 0 Å². The summed E-state index contributed by atoms with van der Waals surface area (Å²) in [5.74, 6) is 0. The molecule has 2 heteroatoms. The topological polar surface area (TPSA) is 20.2 Å². The lowest BCUT2D eigenvalue weighted by molar-refractivity contribution is 0.0368. The van der Waals surface area contributed by atoms with Gasteiger partial charge in [0.25, 0.3) is 0 Å². The van der Waals surface area contributed by atoms with E-state index < -0.39 is 5.60 Å². The standard InChI is InChI=1S/C17H19IO/c1-2-17(19,12-14-6-4-3-5-7-14)13-15-8-10-16(18)11-9-15/h3-11,19H,2,12-13H2,1H3. The van der Waals surface area contributed by atoms with Crippen molar-refractivity contribution in [3.8, 4) is 0 Å². The van der Waals surface area contributed by atoms with Crippen LogP contribution in [-0.2, 0) is 12.8 Å². The van der Waals surface area contributed by atoms with Crippen LogP contribution in [0.25, 0.3) is 0 Å². The molecule has 0 saturated heterocycles. The zero-order chi connectivity index (χ0) is 13.7. The van der Waals surface area contributed by atoms with Crippen molar-refractivity contribution in [2.45, 2.75) is 31.8 Å². The molecule has 0 aliphatic heterocycles. The first-order chi connectivity index (χ1) is 9.11. The molecule has 0 aliphatic carbocycles. The van der Waals surface area contributed by atoms with Crippen molar-refractivity contribution < 1.29 is 5.11 Å². The average Bonchev–Trinajstić information content (AvgIpc) is 2.42. The van der Waals surface area contributed by atoms with E-state index in [0.29, 0.717) is 12.8 Å². The molecule has 0 aliphatic rings. The van der Waals surface area contributed by atoms with E-state index in [0.717, 1.165) is 6.42 Å². The molecule has 2 aromatic carbocycles. The Kier molecular flexibility index (Phi) is 4.99. The van der Waals surface area contributed by atoms with E-state index in [9.17, 15) is 5.11 Å². The molecule has 1 unspecified atom stereocenters. The maximum atomic E-state index is 10.8. The fourth-order valence-electron chi connectivity index (χ4n) is 2.27. The van der Waals surface area contributed by atoms with Gasteiger partial charge in [0.1, 0.15) is 0 Å². The minimum atomic E-state index is -0.659. The fraction of sp³-hybridized carbons (Fsp3) is 0.294. The lowest BCUT2D eigenvalue weighted by atomic mass is 9.86. The molecule has 0 amide bonds. The van der Waals surface area contributed by atoms with E-state index in [2.05, 4.69) is 65.9 Å². The van der Waals surface area contributed by atoms with Gasteiger partial charge in [-0.25, -0.2) is 0 Å². The molecule has 1 N–H and O–H groups in total. The first-order valence-corrected chi connectivity index (χ1v) is 7.70. The number of hydrogen-bond acceptors (Lipinski definition) is 1. The van der Waals surface area contributed by atoms with Gasteiger partial charge < -0.3 is 5.11 Å². The number of rotatable bonds is 5. The Balaban J connectivity index is 2.11. The number of benzene rings is 2. The zero-order valence-corrected chi connectivity index (χ0v) is 13.3. The molecular formula is C17H19IO. The van der Waals surface area contributed by atoms with Crippen molar-refractivity contribution in [1.82, 2.24) is 0 Å². The highest BCUT2D eigenvalue weighted by Gasteiger charge is 2.25. The van der Waals surface area contributed by atoms with Crippen LogP contribution in [0.3, 0.4) is 0 Å². The van der Waals surface area contributed by atoms with Gasteiger partial charge in [0, 0.05) is 16.4 Å². The predicted molar refractivity (Wildman–Crippen MR) is 88.2 cm³/mol. The van der Waals surface area contributed by atoms with E-state index in [4.69, 9.17) is 0 Å². The molecule has 0 bridgehead atoms. The van der Waals surface area contributed by atoms with Gasteiger partial charge in [0.05, 0.1) is 5.60 Å². The first kappa shape index (κ1) is 14.5. The monoisotopic (exact) mass is 366 g/mol. The Morgan fingerprint density at radius 2 is 1.42 bits per heavy atom. The van der Waals surface area contributed by atoms with Crippen molar-refractivity contribution in [1.29, 1.82) is 0 Å². The molecule has 0 spiro atoms. The van der Waals surface area contributed by atoms with Gasteiger partial charge in [0.15, 0.2) is 0 Å². The van der Waals surface area contributed by atoms with Crippen molar-refractivity contribution in [2.24, 2.45) is 0 Å². The third-order valence-corrected chi connectivity index (χ3v) is 4.20. The lowest BCUT2D eigenvalue weighted by Gasteiger charge is -2.27. The summed E-state index contributed by atoms with van der Waals surface area (Å²) in [4.78, 5) is 0. The van der Waals surface area contributed by atoms with Crippen LogP contribution in [0.15, 0.2) is 54.6 Å². The Morgan fingerprint density at radius 3 is 1.95 bits per heavy atom. The molecular weight excluding hydrogens is 347 g/mol. The second kappa shape index (κ2) is 6.53. The van der Waals surface area contributed by atoms with Gasteiger partial charge >= 0.3 is 0 Å². The Morgan fingerprint density at radius 1 is 0.895 bits per heavy atom. The summed E-state index contributed by atoms with van der Waals surface area (Å²) in [7, 11) is 0. The molecule has 0 fully saturated rings. The van der Waals surface area contributed by atoms with Gasteiger partial charge in [-0.1, -0.05) is 49.4 Å². The van der Waals surface area contributed by atoms with Crippen LogP contribution in [0, 0.1) is 3.57 Å². The van der Waals surface area contributed by atoms with Crippen LogP contribution in [-0.4, -0.2) is 10.7 Å². The second-order valence-corrected chi connectivity index (χ2v) is 6.29. The predicted octanol–water partition coefficient (Wildman–Crippen LogP) is 4.22. The van der Waals surface area contributed by atoms with Gasteiger partial charge in [-0.05, 0) is 52.3 Å². The number of halogens is 1. The summed E-state index contributed by atoms with van der Waals surface area (Å²) in [6.07, 6.45) is 2.17. The second-order valence-electron chi connectivity index (χ2n) is 5.04. The summed E-state index contributed by atoms with van der Waals surface area (Å²) in [6, 6.07) is 18.6. The van der Waals surface area contributed by atoms with Crippen LogP contribution in [0.2, 0.25) is 0 Å². The highest BCUT2D eigenvalue weighted by Crippen LogP contribution is 2.23. The minimum absolute atomic E-state index is 0.659. The zero-order valence-electron chi connectivity index (χ0n) is 11.1. The smallest absolute Gasteiger partial charge is 0.0725 e. The quantitative estimate of drug-likeness (QED) is 0.786. The Labute approximate surface area is 128 Å². The van der Waals surface area contributed by atoms with Crippen molar-refractivity contribution >= 4 is 22.6 Å². The van der Waals surface area contributed by atoms with E-state index in [1.165, 1.54) is 14.7 Å². The molecule has 0 saturated carbocycles. The van der Waals surface area contributed by atoms with Crippen molar-refractivity contribution in [3.05, 3.63) is 69.3 Å². The lowest BCUT2D eigenvalue weighted by Crippen LogP contribution is -2.33. The molecule has 0 heterocycles. The van der Waals surface area contributed by atoms with Crippen molar-refractivity contribution in [2.75, 3.05) is 0 Å². The highest BCUT2D eigenvalue weighted by molar-refractivity contribution is 14.1. The molecule has 19 heavy (non-hydrogen) atoms. The van der Waals surface area contributed by atoms with E-state index in [1.807, 2.05) is 18.2 Å². The van der Waals surface area contributed by atoms with Crippen LogP contribution < -0.4 is 0 Å². The Hall–Kier alpha value is -0.870. The van der Waals surface area contributed by atoms with E-state index >= 15 is 0 Å². The van der Waals surface area contributed by atoms with Crippen LogP contribution in [0.4, 0.5) is 0 Å². The molecule has 1 atom stereocenters. The number of aliphatic hydroxyl groups is 1. The van der Waals surface area contributed by atoms with Crippen LogP contribution in [0.1, 0.15) is 24.5 Å². The molecule has 1 nitrogen and oxygen atoms in total. The van der Waals surface area contributed by atoms with Gasteiger partial charge in [-0.15, -0.1) is 0 Å². The third-order valence-electron chi connectivity index (χ3n) is 3.48. The van der Waals surface area contributed by atoms with Crippen LogP contribution in [0.5, 0.6) is 0 Å². The van der Waals surface area contributed by atoms with E-state index in [1.54, 1.807) is 0 Å². The third kappa shape index (κ3) is 4.32. The first-order valence-electron chi connectivity index (χ1n) is 6.62. The Bertz CT molecular complexity index is 507. The van der Waals surface area contributed by atoms with Crippen LogP contribution >= 0.6 is 22.6 Å². The van der Waals surface area contributed by atoms with Crippen molar-refractivity contribution in [3.63, 3.8) is 0 Å². The summed E-state index contributed by atoms with van der Waals surface area (Å²) in [5.41, 5.74) is 1.73. The summed E-state index contributed by atoms with van der Waals surface area (Å²) >= 11 is 2.30. The largest absolute Gasteiger partial charge is 0.389 e. The average molecular weight is 366 g/mol. The normalized spacial score (nSPS) is 14.1. The molecule has 0 aromatic heterocycles. The SMILES string of the molecule is CCC(O)(Cc1ccccc1)Cc1ccc(I)cc1. The van der Waals surface area contributed by atoms with Gasteiger partial charge in [-0.3, -0.25) is 0 Å². The molecule has 0 radical (unpaired) electrons. The maximum Gasteiger partial charge on any atom is 0.0725 e. The molecule has 2 aromatic rings. The maximum absolute atomic E-state index is 10.8.